The molecule has 106 valence electrons. The van der Waals surface area contributed by atoms with E-state index < -0.39 is 0 Å². The molecule has 0 bridgehead atoms. The lowest BCUT2D eigenvalue weighted by atomic mass is 9.95. The maximum absolute atomic E-state index is 11.2. The highest BCUT2D eigenvalue weighted by molar-refractivity contribution is 5.73. The van der Waals surface area contributed by atoms with E-state index in [1.807, 2.05) is 18.7 Å². The Morgan fingerprint density at radius 3 is 1.89 bits per heavy atom. The number of carbonyl (C=O) groups excluding carboxylic acids is 1. The maximum atomic E-state index is 11.2. The fourth-order valence-corrected chi connectivity index (χ4v) is 2.94. The smallest absolute Gasteiger partial charge is 0.219 e. The van der Waals surface area contributed by atoms with Crippen molar-refractivity contribution in [3.8, 4) is 0 Å². The molecule has 18 heavy (non-hydrogen) atoms. The van der Waals surface area contributed by atoms with Crippen LogP contribution in [0, 0.1) is 5.92 Å². The van der Waals surface area contributed by atoms with Crippen molar-refractivity contribution in [1.82, 2.24) is 9.80 Å². The van der Waals surface area contributed by atoms with Gasteiger partial charge in [-0.1, -0.05) is 20.8 Å². The van der Waals surface area contributed by atoms with E-state index in [-0.39, 0.29) is 5.91 Å². The van der Waals surface area contributed by atoms with Gasteiger partial charge in [0.2, 0.25) is 5.91 Å². The Hall–Kier alpha value is -0.570. The number of rotatable bonds is 1. The van der Waals surface area contributed by atoms with Crippen molar-refractivity contribution in [1.29, 1.82) is 0 Å². The molecule has 0 radical (unpaired) electrons. The first-order chi connectivity index (χ1) is 8.66. The first-order valence-electron chi connectivity index (χ1n) is 7.66. The number of likely N-dealkylation sites (tertiary alicyclic amines) is 2. The molecule has 0 saturated carbocycles. The average Bonchev–Trinajstić information content (AvgIpc) is 2.42. The van der Waals surface area contributed by atoms with Crippen molar-refractivity contribution in [2.24, 2.45) is 5.92 Å². The third-order valence-corrected chi connectivity index (χ3v) is 4.24. The number of hydrogen-bond acceptors (Lipinski definition) is 2. The molecule has 2 rings (SSSR count). The first kappa shape index (κ1) is 15.5. The van der Waals surface area contributed by atoms with Crippen molar-refractivity contribution in [3.63, 3.8) is 0 Å². The third-order valence-electron chi connectivity index (χ3n) is 4.24. The lowest BCUT2D eigenvalue weighted by molar-refractivity contribution is -0.130. The Bertz CT molecular complexity index is 239. The molecular formula is C15H30N2O. The molecule has 0 unspecified atom stereocenters. The van der Waals surface area contributed by atoms with E-state index >= 15 is 0 Å². The van der Waals surface area contributed by atoms with Crippen LogP contribution >= 0.6 is 0 Å². The minimum atomic E-state index is 0.241. The molecule has 1 amide bonds. The van der Waals surface area contributed by atoms with Crippen LogP contribution in [0.2, 0.25) is 0 Å². The highest BCUT2D eigenvalue weighted by Gasteiger charge is 2.27. The highest BCUT2D eigenvalue weighted by Crippen LogP contribution is 2.23. The summed E-state index contributed by atoms with van der Waals surface area (Å²) in [5.74, 6) is 1.15. The molecule has 2 saturated heterocycles. The number of hydrogen-bond donors (Lipinski definition) is 0. The number of piperidine rings is 2. The standard InChI is InChI=1S/C13H24N2O.C2H6/c1-11-3-7-15(8-4-11)13-5-9-14(10-6-13)12(2)16;1-2/h11,13H,3-10H2,1-2H3;1-2H3. The maximum Gasteiger partial charge on any atom is 0.219 e. The van der Waals surface area contributed by atoms with Crippen LogP contribution in [0.4, 0.5) is 0 Å². The van der Waals surface area contributed by atoms with Crippen LogP contribution in [0.5, 0.6) is 0 Å². The van der Waals surface area contributed by atoms with E-state index in [1.165, 1.54) is 38.8 Å². The molecule has 0 atom stereocenters. The van der Waals surface area contributed by atoms with E-state index in [4.69, 9.17) is 0 Å². The summed E-state index contributed by atoms with van der Waals surface area (Å²) in [5, 5.41) is 0. The van der Waals surface area contributed by atoms with Gasteiger partial charge in [0, 0.05) is 26.1 Å². The fourth-order valence-electron chi connectivity index (χ4n) is 2.94. The lowest BCUT2D eigenvalue weighted by Crippen LogP contribution is -2.48. The normalized spacial score (nSPS) is 23.4. The van der Waals surface area contributed by atoms with Gasteiger partial charge in [-0.3, -0.25) is 4.79 Å². The molecule has 3 heteroatoms. The zero-order valence-corrected chi connectivity index (χ0v) is 12.6. The quantitative estimate of drug-likeness (QED) is 0.718. The van der Waals surface area contributed by atoms with Gasteiger partial charge in [0.15, 0.2) is 0 Å². The van der Waals surface area contributed by atoms with Gasteiger partial charge in [-0.25, -0.2) is 0 Å². The lowest BCUT2D eigenvalue weighted by Gasteiger charge is -2.41. The Kier molecular flexibility index (Phi) is 6.69. The van der Waals surface area contributed by atoms with Crippen molar-refractivity contribution < 1.29 is 4.79 Å². The minimum Gasteiger partial charge on any atom is -0.343 e. The van der Waals surface area contributed by atoms with Gasteiger partial charge in [0.05, 0.1) is 0 Å². The molecule has 0 aliphatic carbocycles. The summed E-state index contributed by atoms with van der Waals surface area (Å²) < 4.78 is 0. The second-order valence-corrected chi connectivity index (χ2v) is 5.46. The van der Waals surface area contributed by atoms with Crippen LogP contribution in [-0.2, 0) is 4.79 Å². The summed E-state index contributed by atoms with van der Waals surface area (Å²) in [6.45, 7) is 12.5. The molecule has 0 spiro atoms. The van der Waals surface area contributed by atoms with Crippen LogP contribution in [0.3, 0.4) is 0 Å². The summed E-state index contributed by atoms with van der Waals surface area (Å²) in [6, 6.07) is 0.739. The molecule has 0 aromatic carbocycles. The highest BCUT2D eigenvalue weighted by atomic mass is 16.2. The van der Waals surface area contributed by atoms with E-state index in [2.05, 4.69) is 11.8 Å². The van der Waals surface area contributed by atoms with Gasteiger partial charge < -0.3 is 9.80 Å². The molecule has 3 nitrogen and oxygen atoms in total. The second-order valence-electron chi connectivity index (χ2n) is 5.46. The van der Waals surface area contributed by atoms with Crippen LogP contribution in [-0.4, -0.2) is 47.9 Å². The number of carbonyl (C=O) groups is 1. The molecule has 2 aliphatic heterocycles. The number of amides is 1. The Morgan fingerprint density at radius 2 is 1.44 bits per heavy atom. The summed E-state index contributed by atoms with van der Waals surface area (Å²) in [5.41, 5.74) is 0. The minimum absolute atomic E-state index is 0.241. The molecule has 0 aromatic rings. The van der Waals surface area contributed by atoms with E-state index in [0.717, 1.165) is 25.0 Å². The number of nitrogens with zero attached hydrogens (tertiary/aromatic N) is 2. The molecular weight excluding hydrogens is 224 g/mol. The SMILES string of the molecule is CC.CC(=O)N1CCC(N2CCC(C)CC2)CC1. The van der Waals surface area contributed by atoms with Gasteiger partial charge >= 0.3 is 0 Å². The summed E-state index contributed by atoms with van der Waals surface area (Å²) >= 11 is 0. The Balaban J connectivity index is 0.000000771. The Labute approximate surface area is 113 Å². The zero-order chi connectivity index (χ0) is 13.5. The van der Waals surface area contributed by atoms with Crippen LogP contribution < -0.4 is 0 Å². The second kappa shape index (κ2) is 7.78. The van der Waals surface area contributed by atoms with E-state index in [1.54, 1.807) is 6.92 Å². The van der Waals surface area contributed by atoms with Gasteiger partial charge in [0.1, 0.15) is 0 Å². The topological polar surface area (TPSA) is 23.6 Å². The van der Waals surface area contributed by atoms with Crippen molar-refractivity contribution >= 4 is 5.91 Å². The predicted octanol–water partition coefficient (Wildman–Crippen LogP) is 2.76. The first-order valence-corrected chi connectivity index (χ1v) is 7.66. The van der Waals surface area contributed by atoms with Crippen LogP contribution in [0.15, 0.2) is 0 Å². The molecule has 2 fully saturated rings. The van der Waals surface area contributed by atoms with Crippen molar-refractivity contribution in [2.75, 3.05) is 26.2 Å². The van der Waals surface area contributed by atoms with Crippen LogP contribution in [0.25, 0.3) is 0 Å². The zero-order valence-electron chi connectivity index (χ0n) is 12.6. The monoisotopic (exact) mass is 254 g/mol. The molecule has 0 aromatic heterocycles. The van der Waals surface area contributed by atoms with Crippen molar-refractivity contribution in [2.45, 2.75) is 59.4 Å². The Morgan fingerprint density at radius 1 is 0.944 bits per heavy atom. The van der Waals surface area contributed by atoms with Gasteiger partial charge in [0.25, 0.3) is 0 Å². The summed E-state index contributed by atoms with van der Waals surface area (Å²) in [6.07, 6.45) is 5.06. The van der Waals surface area contributed by atoms with E-state index in [9.17, 15) is 4.79 Å². The van der Waals surface area contributed by atoms with Crippen molar-refractivity contribution in [3.05, 3.63) is 0 Å². The summed E-state index contributed by atoms with van der Waals surface area (Å²) in [7, 11) is 0. The predicted molar refractivity (Wildman–Crippen MR) is 76.6 cm³/mol. The molecule has 0 N–H and O–H groups in total. The van der Waals surface area contributed by atoms with Crippen LogP contribution in [0.1, 0.15) is 53.4 Å². The molecule has 2 heterocycles. The summed E-state index contributed by atoms with van der Waals surface area (Å²) in [4.78, 5) is 15.9. The van der Waals surface area contributed by atoms with Gasteiger partial charge in [-0.2, -0.15) is 0 Å². The van der Waals surface area contributed by atoms with Gasteiger partial charge in [-0.05, 0) is 44.7 Å². The third kappa shape index (κ3) is 4.27. The average molecular weight is 254 g/mol. The van der Waals surface area contributed by atoms with Gasteiger partial charge in [-0.15, -0.1) is 0 Å². The molecule has 2 aliphatic rings. The largest absolute Gasteiger partial charge is 0.343 e. The van der Waals surface area contributed by atoms with E-state index in [0.29, 0.717) is 0 Å². The fraction of sp³-hybridized carbons (Fsp3) is 0.933.